The molecular weight excluding hydrogens is 793 g/mol. The molecule has 8 nitrogen and oxygen atoms in total. The molecule has 0 bridgehead atoms. The molecule has 382 valence electrons. The third-order valence-corrected chi connectivity index (χ3v) is 13.1. The predicted molar refractivity (Wildman–Crippen MR) is 281 cm³/mol. The molecule has 0 aromatic heterocycles. The van der Waals surface area contributed by atoms with Crippen LogP contribution in [-0.2, 0) is 0 Å². The van der Waals surface area contributed by atoms with E-state index in [-0.39, 0.29) is 26.4 Å². The molecule has 8 heteroatoms. The van der Waals surface area contributed by atoms with Gasteiger partial charge in [0.1, 0.15) is 0 Å². The fraction of sp³-hybridized carbons (Fsp3) is 0.929. The summed E-state index contributed by atoms with van der Waals surface area (Å²) in [5.41, 5.74) is 0. The first-order valence-corrected chi connectivity index (χ1v) is 28.1. The van der Waals surface area contributed by atoms with Crippen LogP contribution in [0.2, 0.25) is 0 Å². The number of rotatable bonds is 53. The van der Waals surface area contributed by atoms with Crippen molar-refractivity contribution in [2.75, 3.05) is 105 Å². The van der Waals surface area contributed by atoms with Gasteiger partial charge in [-0.2, -0.15) is 0 Å². The summed E-state index contributed by atoms with van der Waals surface area (Å²) in [6, 6.07) is 0. The van der Waals surface area contributed by atoms with E-state index < -0.39 is 0 Å². The van der Waals surface area contributed by atoms with Crippen molar-refractivity contribution in [3.8, 4) is 0 Å². The molecule has 0 rings (SSSR count). The zero-order valence-electron chi connectivity index (χ0n) is 43.6. The first-order valence-electron chi connectivity index (χ1n) is 28.1. The first kappa shape index (κ1) is 63.2. The summed E-state index contributed by atoms with van der Waals surface area (Å²) in [7, 11) is 0. The number of hydrogen-bond donors (Lipinski definition) is 4. The van der Waals surface area contributed by atoms with E-state index in [0.29, 0.717) is 38.0 Å². The van der Waals surface area contributed by atoms with Crippen LogP contribution in [-0.4, -0.2) is 145 Å². The number of hydrogen-bond acceptors (Lipinski definition) is 8. The van der Waals surface area contributed by atoms with Crippen molar-refractivity contribution in [2.24, 2.45) is 11.8 Å². The molecule has 0 spiro atoms. The average Bonchev–Trinajstić information content (AvgIpc) is 3.27. The monoisotopic (exact) mass is 907 g/mol. The second-order valence-corrected chi connectivity index (χ2v) is 19.9. The van der Waals surface area contributed by atoms with Gasteiger partial charge < -0.3 is 30.2 Å². The Balaban J connectivity index is 4.92. The van der Waals surface area contributed by atoms with E-state index in [1.54, 1.807) is 0 Å². The quantitative estimate of drug-likeness (QED) is 0.0354. The summed E-state index contributed by atoms with van der Waals surface area (Å²) in [5, 5.41) is 38.4. The minimum Gasteiger partial charge on any atom is -0.395 e. The smallest absolute Gasteiger partial charge is 0.0558 e. The van der Waals surface area contributed by atoms with Crippen molar-refractivity contribution < 1.29 is 20.4 Å². The van der Waals surface area contributed by atoms with Crippen LogP contribution in [0.15, 0.2) is 24.3 Å². The number of aliphatic hydroxyl groups excluding tert-OH is 4. The Morgan fingerprint density at radius 1 is 0.281 bits per heavy atom. The zero-order chi connectivity index (χ0) is 46.8. The van der Waals surface area contributed by atoms with E-state index in [2.05, 4.69) is 71.6 Å². The molecule has 0 heterocycles. The van der Waals surface area contributed by atoms with E-state index in [0.717, 1.165) is 52.4 Å². The molecule has 0 saturated heterocycles. The zero-order valence-corrected chi connectivity index (χ0v) is 43.6. The highest BCUT2D eigenvalue weighted by Crippen LogP contribution is 2.15. The second kappa shape index (κ2) is 51.5. The van der Waals surface area contributed by atoms with Crippen molar-refractivity contribution in [3.63, 3.8) is 0 Å². The van der Waals surface area contributed by atoms with Crippen molar-refractivity contribution >= 4 is 0 Å². The standard InChI is InChI=1S/C56H114N4O4/c1-5-7-9-11-13-15-17-19-21-23-25-27-29-31-33-35-39-57(51-55(3)53-59(43-47-61)44-48-62)41-37-38-42-58(52-56(4)54-60(45-49-63)46-50-64)40-36-34-32-30-28-26-24-22-20-18-16-14-12-10-8-6-2/h19-22,55-56,61-64H,5-18,23-54H2,1-4H3/b21-19+,22-20+. The van der Waals surface area contributed by atoms with Gasteiger partial charge in [0.05, 0.1) is 26.4 Å². The Morgan fingerprint density at radius 2 is 0.484 bits per heavy atom. The summed E-state index contributed by atoms with van der Waals surface area (Å²) in [6.45, 7) is 20.9. The lowest BCUT2D eigenvalue weighted by Gasteiger charge is -2.31. The predicted octanol–water partition coefficient (Wildman–Crippen LogP) is 12.3. The summed E-state index contributed by atoms with van der Waals surface area (Å²) < 4.78 is 0. The number of nitrogens with zero attached hydrogens (tertiary/aromatic N) is 4. The van der Waals surface area contributed by atoms with Crippen LogP contribution in [0.1, 0.15) is 220 Å². The van der Waals surface area contributed by atoms with Gasteiger partial charge in [-0.25, -0.2) is 0 Å². The lowest BCUT2D eigenvalue weighted by Crippen LogP contribution is -2.39. The van der Waals surface area contributed by atoms with Crippen LogP contribution in [0.4, 0.5) is 0 Å². The van der Waals surface area contributed by atoms with Crippen molar-refractivity contribution in [1.29, 1.82) is 0 Å². The van der Waals surface area contributed by atoms with Crippen LogP contribution in [0.3, 0.4) is 0 Å². The summed E-state index contributed by atoms with van der Waals surface area (Å²) in [6.07, 6.45) is 49.6. The van der Waals surface area contributed by atoms with E-state index >= 15 is 0 Å². The molecule has 2 atom stereocenters. The Bertz CT molecular complexity index is 868. The fourth-order valence-electron chi connectivity index (χ4n) is 9.46. The molecule has 0 aliphatic carbocycles. The molecule has 4 N–H and O–H groups in total. The Labute approximate surface area is 400 Å². The lowest BCUT2D eigenvalue weighted by atomic mass is 10.1. The van der Waals surface area contributed by atoms with Gasteiger partial charge in [-0.05, 0) is 115 Å². The molecular formula is C56H114N4O4. The molecule has 0 fully saturated rings. The van der Waals surface area contributed by atoms with Crippen LogP contribution >= 0.6 is 0 Å². The Hall–Kier alpha value is -0.840. The summed E-state index contributed by atoms with van der Waals surface area (Å²) in [4.78, 5) is 9.86. The molecule has 0 aromatic carbocycles. The first-order chi connectivity index (χ1) is 31.4. The third kappa shape index (κ3) is 45.0. The highest BCUT2D eigenvalue weighted by atomic mass is 16.3. The fourth-order valence-corrected chi connectivity index (χ4v) is 9.46. The maximum Gasteiger partial charge on any atom is 0.0558 e. The maximum atomic E-state index is 9.60. The summed E-state index contributed by atoms with van der Waals surface area (Å²) >= 11 is 0. The Kier molecular flexibility index (Phi) is 50.9. The van der Waals surface area contributed by atoms with Crippen LogP contribution in [0.25, 0.3) is 0 Å². The van der Waals surface area contributed by atoms with Gasteiger partial charge in [-0.3, -0.25) is 9.80 Å². The van der Waals surface area contributed by atoms with Crippen molar-refractivity contribution in [3.05, 3.63) is 24.3 Å². The van der Waals surface area contributed by atoms with E-state index in [1.807, 2.05) is 0 Å². The number of aliphatic hydroxyl groups is 4. The normalized spacial score (nSPS) is 13.4. The highest BCUT2D eigenvalue weighted by Gasteiger charge is 2.17. The number of unbranched alkanes of at least 4 members (excludes halogenated alkanes) is 25. The molecule has 64 heavy (non-hydrogen) atoms. The van der Waals surface area contributed by atoms with Gasteiger partial charge in [-0.15, -0.1) is 0 Å². The van der Waals surface area contributed by atoms with E-state index in [4.69, 9.17) is 0 Å². The van der Waals surface area contributed by atoms with Gasteiger partial charge in [0.25, 0.3) is 0 Å². The van der Waals surface area contributed by atoms with Gasteiger partial charge >= 0.3 is 0 Å². The van der Waals surface area contributed by atoms with Gasteiger partial charge in [0, 0.05) is 52.4 Å². The minimum absolute atomic E-state index is 0.138. The molecule has 2 unspecified atom stereocenters. The largest absolute Gasteiger partial charge is 0.395 e. The molecule has 0 amide bonds. The lowest BCUT2D eigenvalue weighted by molar-refractivity contribution is 0.127. The average molecular weight is 908 g/mol. The van der Waals surface area contributed by atoms with Crippen LogP contribution in [0, 0.1) is 11.8 Å². The van der Waals surface area contributed by atoms with Crippen molar-refractivity contribution in [2.45, 2.75) is 220 Å². The van der Waals surface area contributed by atoms with Gasteiger partial charge in [0.15, 0.2) is 0 Å². The Morgan fingerprint density at radius 3 is 0.734 bits per heavy atom. The van der Waals surface area contributed by atoms with E-state index in [9.17, 15) is 20.4 Å². The van der Waals surface area contributed by atoms with E-state index in [1.165, 1.54) is 193 Å². The molecule has 0 aliphatic heterocycles. The molecule has 0 aliphatic rings. The topological polar surface area (TPSA) is 93.9 Å². The SMILES string of the molecule is CCCCCCCC/C=C/CCCCCCCCN(CCCCN(CCCCCCCC/C=C/CCCCCCCC)CC(C)CN(CCO)CCO)CC(C)CN(CCO)CCO. The molecule has 0 saturated carbocycles. The second-order valence-electron chi connectivity index (χ2n) is 19.9. The maximum absolute atomic E-state index is 9.60. The molecule has 0 aromatic rings. The molecule has 0 radical (unpaired) electrons. The van der Waals surface area contributed by atoms with Crippen molar-refractivity contribution in [1.82, 2.24) is 19.6 Å². The minimum atomic E-state index is 0.138. The summed E-state index contributed by atoms with van der Waals surface area (Å²) in [5.74, 6) is 0.966. The van der Waals surface area contributed by atoms with Crippen LogP contribution in [0.5, 0.6) is 0 Å². The van der Waals surface area contributed by atoms with Gasteiger partial charge in [-0.1, -0.05) is 168 Å². The highest BCUT2D eigenvalue weighted by molar-refractivity contribution is 4.82. The van der Waals surface area contributed by atoms with Crippen LogP contribution < -0.4 is 0 Å². The number of allylic oxidation sites excluding steroid dienone is 4. The van der Waals surface area contributed by atoms with Gasteiger partial charge in [0.2, 0.25) is 0 Å². The third-order valence-electron chi connectivity index (χ3n) is 13.1.